The van der Waals surface area contributed by atoms with E-state index in [9.17, 15) is 39.1 Å². The van der Waals surface area contributed by atoms with Crippen LogP contribution in [0.5, 0.6) is 0 Å². The van der Waals surface area contributed by atoms with Crippen molar-refractivity contribution in [1.82, 2.24) is 0 Å². The van der Waals surface area contributed by atoms with Gasteiger partial charge in [-0.3, -0.25) is 4.55 Å². The second kappa shape index (κ2) is 10.8. The number of aliphatic hydroxyl groups excluding tert-OH is 4. The summed E-state index contributed by atoms with van der Waals surface area (Å²) in [4.78, 5) is 0. The van der Waals surface area contributed by atoms with Gasteiger partial charge in [0, 0.05) is 30.1 Å². The van der Waals surface area contributed by atoms with Crippen LogP contribution in [-0.4, -0.2) is 85.8 Å². The van der Waals surface area contributed by atoms with E-state index in [-0.39, 0.29) is 36.5 Å². The molecule has 13 atom stereocenters. The molecule has 4 aliphatic carbocycles. The molecule has 4 saturated carbocycles. The first-order valence-electron chi connectivity index (χ1n) is 14.8. The molecule has 232 valence electrons. The highest BCUT2D eigenvalue weighted by molar-refractivity contribution is 7.80. The fourth-order valence-corrected chi connectivity index (χ4v) is 10.4. The van der Waals surface area contributed by atoms with Crippen LogP contribution >= 0.6 is 0 Å². The number of aliphatic hydroxyl groups is 6. The number of hydrogen-bond acceptors (Lipinski definition) is 9. The third-order valence-corrected chi connectivity index (χ3v) is 12.3. The first-order valence-corrected chi connectivity index (χ1v) is 16.1. The maximum Gasteiger partial charge on any atom is 0.397 e. The second-order valence-electron chi connectivity index (χ2n) is 14.2. The van der Waals surface area contributed by atoms with Crippen LogP contribution in [0, 0.1) is 46.3 Å². The van der Waals surface area contributed by atoms with E-state index in [4.69, 9.17) is 8.74 Å². The molecule has 4 rings (SSSR count). The molecule has 3 unspecified atom stereocenters. The molecule has 0 saturated heterocycles. The van der Waals surface area contributed by atoms with Crippen LogP contribution in [0.3, 0.4) is 0 Å². The molecule has 0 heterocycles. The van der Waals surface area contributed by atoms with Crippen molar-refractivity contribution in [2.24, 2.45) is 46.3 Å². The molecule has 4 aliphatic rings. The average Bonchev–Trinajstić information content (AvgIpc) is 3.10. The molecular weight excluding hydrogens is 540 g/mol. The van der Waals surface area contributed by atoms with Gasteiger partial charge in [0.25, 0.3) is 0 Å². The lowest BCUT2D eigenvalue weighted by molar-refractivity contribution is -0.315. The van der Waals surface area contributed by atoms with Gasteiger partial charge in [0.2, 0.25) is 0 Å². The number of fused-ring (bicyclic) bond motifs is 5. The Hall–Kier alpha value is -0.630. The van der Waals surface area contributed by atoms with Gasteiger partial charge >= 0.3 is 10.4 Å². The van der Waals surface area contributed by atoms with E-state index in [1.54, 1.807) is 0 Å². The maximum atomic E-state index is 12.4. The molecule has 10 nitrogen and oxygen atoms in total. The van der Waals surface area contributed by atoms with Crippen LogP contribution < -0.4 is 0 Å². The molecule has 0 amide bonds. The normalized spacial score (nSPS) is 47.9. The van der Waals surface area contributed by atoms with Crippen molar-refractivity contribution >= 4 is 10.4 Å². The maximum absolute atomic E-state index is 12.4. The second-order valence-corrected chi connectivity index (χ2v) is 15.3. The molecule has 0 aromatic rings. The summed E-state index contributed by atoms with van der Waals surface area (Å²) >= 11 is 0. The summed E-state index contributed by atoms with van der Waals surface area (Å²) in [5, 5.41) is 66.9. The van der Waals surface area contributed by atoms with Crippen molar-refractivity contribution in [3.63, 3.8) is 0 Å². The van der Waals surface area contributed by atoms with Crippen molar-refractivity contribution in [2.75, 3.05) is 6.61 Å². The summed E-state index contributed by atoms with van der Waals surface area (Å²) in [6, 6.07) is 0. The Morgan fingerprint density at radius 1 is 1.00 bits per heavy atom. The molecule has 0 radical (unpaired) electrons. The van der Waals surface area contributed by atoms with Crippen molar-refractivity contribution in [3.05, 3.63) is 12.2 Å². The van der Waals surface area contributed by atoms with Gasteiger partial charge in [-0.1, -0.05) is 46.8 Å². The number of rotatable bonds is 8. The van der Waals surface area contributed by atoms with Crippen LogP contribution in [0.4, 0.5) is 0 Å². The lowest BCUT2D eigenvalue weighted by Gasteiger charge is -2.68. The zero-order valence-electron chi connectivity index (χ0n) is 24.3. The molecule has 40 heavy (non-hydrogen) atoms. The molecular formula is C29H50O10S. The minimum atomic E-state index is -4.75. The summed E-state index contributed by atoms with van der Waals surface area (Å²) < 4.78 is 36.6. The van der Waals surface area contributed by atoms with Gasteiger partial charge in [-0.25, -0.2) is 4.18 Å². The van der Waals surface area contributed by atoms with Gasteiger partial charge in [-0.2, -0.15) is 8.42 Å². The van der Waals surface area contributed by atoms with Crippen molar-refractivity contribution < 1.29 is 47.8 Å². The molecule has 0 bridgehead atoms. The van der Waals surface area contributed by atoms with Crippen molar-refractivity contribution in [3.8, 4) is 0 Å². The third kappa shape index (κ3) is 5.11. The Balaban J connectivity index is 1.62. The van der Waals surface area contributed by atoms with Crippen molar-refractivity contribution in [2.45, 2.75) is 115 Å². The monoisotopic (exact) mass is 590 g/mol. The Labute approximate surface area is 238 Å². The Kier molecular flexibility index (Phi) is 8.73. The topological polar surface area (TPSA) is 185 Å². The highest BCUT2D eigenvalue weighted by Crippen LogP contribution is 2.70. The van der Waals surface area contributed by atoms with Gasteiger partial charge < -0.3 is 30.6 Å². The molecule has 0 aromatic heterocycles. The predicted octanol–water partition coefficient (Wildman–Crippen LogP) is 1.82. The zero-order valence-corrected chi connectivity index (χ0v) is 25.2. The van der Waals surface area contributed by atoms with Crippen LogP contribution in [0.2, 0.25) is 0 Å². The number of allylic oxidation sites excluding steroid dienone is 1. The van der Waals surface area contributed by atoms with Gasteiger partial charge in [0.05, 0.1) is 36.1 Å². The lowest BCUT2D eigenvalue weighted by Crippen LogP contribution is -2.75. The quantitative estimate of drug-likeness (QED) is 0.162. The van der Waals surface area contributed by atoms with E-state index in [0.717, 1.165) is 0 Å². The summed E-state index contributed by atoms with van der Waals surface area (Å²) in [6.07, 6.45) is 2.60. The van der Waals surface area contributed by atoms with Crippen molar-refractivity contribution in [1.29, 1.82) is 0 Å². The van der Waals surface area contributed by atoms with Crippen LogP contribution in [0.25, 0.3) is 0 Å². The van der Waals surface area contributed by atoms with E-state index < -0.39 is 75.3 Å². The minimum Gasteiger partial charge on any atom is -0.394 e. The summed E-state index contributed by atoms with van der Waals surface area (Å²) in [6.45, 7) is 9.16. The minimum absolute atomic E-state index is 0.0319. The van der Waals surface area contributed by atoms with E-state index in [0.29, 0.717) is 32.1 Å². The first-order chi connectivity index (χ1) is 18.3. The smallest absolute Gasteiger partial charge is 0.394 e. The largest absolute Gasteiger partial charge is 0.397 e. The van der Waals surface area contributed by atoms with E-state index in [1.165, 1.54) is 0 Å². The van der Waals surface area contributed by atoms with E-state index in [2.05, 4.69) is 6.92 Å². The average molecular weight is 591 g/mol. The molecule has 11 heteroatoms. The Morgan fingerprint density at radius 2 is 1.65 bits per heavy atom. The third-order valence-electron chi connectivity index (χ3n) is 11.8. The molecule has 4 fully saturated rings. The van der Waals surface area contributed by atoms with Gasteiger partial charge in [0.1, 0.15) is 6.10 Å². The van der Waals surface area contributed by atoms with Gasteiger partial charge in [0.15, 0.2) is 0 Å². The highest BCUT2D eigenvalue weighted by atomic mass is 32.3. The van der Waals surface area contributed by atoms with Gasteiger partial charge in [-0.15, -0.1) is 0 Å². The fourth-order valence-electron chi connectivity index (χ4n) is 9.89. The molecule has 0 aliphatic heterocycles. The van der Waals surface area contributed by atoms with E-state index in [1.807, 2.05) is 39.8 Å². The van der Waals surface area contributed by atoms with Crippen LogP contribution in [0.1, 0.15) is 79.6 Å². The lowest BCUT2D eigenvalue weighted by atomic mass is 9.40. The fraction of sp³-hybridized carbons (Fsp3) is 0.931. The zero-order chi connectivity index (χ0) is 30.1. The summed E-state index contributed by atoms with van der Waals surface area (Å²) in [5.41, 5.74) is -4.17. The molecule has 0 spiro atoms. The summed E-state index contributed by atoms with van der Waals surface area (Å²) in [5.74, 6) is -1.58. The SMILES string of the molecule is CC(C)C(/C=C/[C@@H](C)[C@H]1C[C@H](O)C2[C@]3(O)C[C@@H](O)[C@@]4(O)C[C@@H](O)CC[C@]4(C)C3CC[C@@]21C)[C@@H](CO)OS(=O)(=O)O. The van der Waals surface area contributed by atoms with E-state index >= 15 is 0 Å². The number of hydrogen-bond donors (Lipinski definition) is 7. The predicted molar refractivity (Wildman–Crippen MR) is 147 cm³/mol. The van der Waals surface area contributed by atoms with Crippen LogP contribution in [-0.2, 0) is 14.6 Å². The molecule has 7 N–H and O–H groups in total. The first kappa shape index (κ1) is 32.3. The Bertz CT molecular complexity index is 1070. The highest BCUT2D eigenvalue weighted by Gasteiger charge is 2.74. The van der Waals surface area contributed by atoms with Gasteiger partial charge in [-0.05, 0) is 61.2 Å². The summed E-state index contributed by atoms with van der Waals surface area (Å²) in [7, 11) is -4.75. The standard InChI is InChI=1S/C29H50O10S/c1-16(2)19(22(15-30)39-40(36,37)38)7-6-17(3)20-12-21(32)25-26(20,4)10-9-23-27(5)11-8-18(31)13-29(27,35)24(33)14-28(23,25)34/h6-7,16-25,30-35H,8-15H2,1-5H3,(H,36,37,38)/b7-6+/t17-,18+,19?,20-,21+,22-,23?,24-,25?,26-,27-,28+,29+/m1/s1. The Morgan fingerprint density at radius 3 is 2.23 bits per heavy atom. The molecule has 0 aromatic carbocycles. The van der Waals surface area contributed by atoms with Crippen LogP contribution in [0.15, 0.2) is 12.2 Å².